The van der Waals surface area contributed by atoms with Gasteiger partial charge < -0.3 is 39.4 Å². The summed E-state index contributed by atoms with van der Waals surface area (Å²) in [6, 6.07) is 8.53. The van der Waals surface area contributed by atoms with Gasteiger partial charge in [-0.1, -0.05) is 18.2 Å². The molecular formula is C22H24O9. The van der Waals surface area contributed by atoms with E-state index in [1.165, 1.54) is 6.07 Å². The van der Waals surface area contributed by atoms with Gasteiger partial charge in [-0.15, -0.1) is 0 Å². The van der Waals surface area contributed by atoms with E-state index in [1.807, 2.05) is 6.07 Å². The Hall–Kier alpha value is -2.53. The molecule has 1 saturated heterocycles. The van der Waals surface area contributed by atoms with Crippen molar-refractivity contribution in [2.24, 2.45) is 0 Å². The first-order chi connectivity index (χ1) is 14.8. The van der Waals surface area contributed by atoms with Crippen LogP contribution in [0.3, 0.4) is 0 Å². The zero-order valence-corrected chi connectivity index (χ0v) is 16.8. The molecule has 0 spiro atoms. The maximum absolute atomic E-state index is 12.7. The highest BCUT2D eigenvalue weighted by Gasteiger charge is 2.44. The van der Waals surface area contributed by atoms with Crippen LogP contribution in [-0.4, -0.2) is 69.5 Å². The number of rotatable bonds is 5. The first-order valence-corrected chi connectivity index (χ1v) is 9.92. The number of fused-ring (bicyclic) bond motifs is 3. The van der Waals surface area contributed by atoms with Crippen molar-refractivity contribution < 1.29 is 39.4 Å². The molecule has 1 aromatic heterocycles. The molecule has 0 aliphatic carbocycles. The van der Waals surface area contributed by atoms with Crippen LogP contribution in [0.25, 0.3) is 21.7 Å². The molecule has 0 unspecified atom stereocenters. The lowest BCUT2D eigenvalue weighted by Gasteiger charge is -2.39. The minimum atomic E-state index is -1.57. The van der Waals surface area contributed by atoms with Gasteiger partial charge in [-0.25, -0.2) is 4.79 Å². The molecular weight excluding hydrogens is 408 g/mol. The molecule has 31 heavy (non-hydrogen) atoms. The first-order valence-electron chi connectivity index (χ1n) is 9.92. The quantitative estimate of drug-likeness (QED) is 0.277. The van der Waals surface area contributed by atoms with Crippen LogP contribution < -0.4 is 10.4 Å². The predicted octanol–water partition coefficient (Wildman–Crippen LogP) is -0.0319. The van der Waals surface area contributed by atoms with Crippen LogP contribution in [0.2, 0.25) is 0 Å². The van der Waals surface area contributed by atoms with E-state index < -0.39 is 42.9 Å². The van der Waals surface area contributed by atoms with Crippen LogP contribution >= 0.6 is 0 Å². The predicted molar refractivity (Wildman–Crippen MR) is 110 cm³/mol. The molecule has 2 heterocycles. The zero-order chi connectivity index (χ0) is 22.3. The van der Waals surface area contributed by atoms with Crippen LogP contribution in [-0.2, 0) is 11.2 Å². The molecule has 1 fully saturated rings. The third kappa shape index (κ3) is 3.80. The monoisotopic (exact) mass is 432 g/mol. The molecule has 0 radical (unpaired) electrons. The average Bonchev–Trinajstić information content (AvgIpc) is 2.74. The van der Waals surface area contributed by atoms with Crippen LogP contribution in [0.1, 0.15) is 11.1 Å². The van der Waals surface area contributed by atoms with Crippen LogP contribution in [0.15, 0.2) is 39.5 Å². The maximum atomic E-state index is 12.7. The minimum Gasteiger partial charge on any atom is -0.462 e. The van der Waals surface area contributed by atoms with E-state index in [4.69, 9.17) is 13.9 Å². The van der Waals surface area contributed by atoms with Gasteiger partial charge in [0.25, 0.3) is 0 Å². The standard InChI is InChI=1S/C22H24O9/c1-10-7-12(29-22-20(27)19(26)18(25)15(9-24)31-22)8-14-16(10)13-4-2-3-11(5-6-23)17(13)21(28)30-14/h2-4,7-8,15,18-20,22-27H,5-6,9H2,1H3/t15-,18-,19+,20-,22-/m1/s1. The number of aliphatic hydroxyl groups is 5. The largest absolute Gasteiger partial charge is 0.462 e. The van der Waals surface area contributed by atoms with E-state index in [1.54, 1.807) is 25.1 Å². The fraction of sp³-hybridized carbons (Fsp3) is 0.409. The van der Waals surface area contributed by atoms with Crippen molar-refractivity contribution in [3.63, 3.8) is 0 Å². The Morgan fingerprint density at radius 1 is 1.03 bits per heavy atom. The van der Waals surface area contributed by atoms with Crippen molar-refractivity contribution in [3.05, 3.63) is 51.9 Å². The zero-order valence-electron chi connectivity index (χ0n) is 16.8. The fourth-order valence-electron chi connectivity index (χ4n) is 4.04. The number of hydrogen-bond acceptors (Lipinski definition) is 9. The second kappa shape index (κ2) is 8.54. The maximum Gasteiger partial charge on any atom is 0.344 e. The van der Waals surface area contributed by atoms with Gasteiger partial charge in [0.2, 0.25) is 6.29 Å². The van der Waals surface area contributed by atoms with Gasteiger partial charge in [0.1, 0.15) is 35.7 Å². The molecule has 5 atom stereocenters. The topological polar surface area (TPSA) is 150 Å². The molecule has 2 aromatic carbocycles. The van der Waals surface area contributed by atoms with Crippen molar-refractivity contribution in [3.8, 4) is 5.75 Å². The van der Waals surface area contributed by atoms with E-state index in [0.29, 0.717) is 28.1 Å². The van der Waals surface area contributed by atoms with Gasteiger partial charge in [0.05, 0.1) is 12.0 Å². The number of aryl methyl sites for hydroxylation is 1. The molecule has 0 amide bonds. The van der Waals surface area contributed by atoms with Crippen molar-refractivity contribution in [1.29, 1.82) is 0 Å². The van der Waals surface area contributed by atoms with E-state index in [2.05, 4.69) is 0 Å². The second-order valence-corrected chi connectivity index (χ2v) is 7.63. The lowest BCUT2D eigenvalue weighted by atomic mass is 9.98. The van der Waals surface area contributed by atoms with Gasteiger partial charge in [-0.3, -0.25) is 0 Å². The average molecular weight is 432 g/mol. The summed E-state index contributed by atoms with van der Waals surface area (Å²) in [7, 11) is 0. The Morgan fingerprint density at radius 2 is 1.81 bits per heavy atom. The Bertz CT molecular complexity index is 1150. The number of hydrogen-bond donors (Lipinski definition) is 5. The Balaban J connectivity index is 1.76. The van der Waals surface area contributed by atoms with Gasteiger partial charge in [-0.05, 0) is 30.5 Å². The fourth-order valence-corrected chi connectivity index (χ4v) is 4.04. The molecule has 9 nitrogen and oxygen atoms in total. The Kier molecular flexibility index (Phi) is 5.98. The summed E-state index contributed by atoms with van der Waals surface area (Å²) in [6.45, 7) is 1.14. The van der Waals surface area contributed by atoms with E-state index in [9.17, 15) is 30.3 Å². The normalized spacial score (nSPS) is 26.5. The molecule has 1 aliphatic heterocycles. The van der Waals surface area contributed by atoms with Gasteiger partial charge in [-0.2, -0.15) is 0 Å². The van der Waals surface area contributed by atoms with Crippen LogP contribution in [0.5, 0.6) is 5.75 Å². The van der Waals surface area contributed by atoms with Gasteiger partial charge in [0.15, 0.2) is 0 Å². The van der Waals surface area contributed by atoms with Crippen molar-refractivity contribution >= 4 is 21.7 Å². The summed E-state index contributed by atoms with van der Waals surface area (Å²) in [5.74, 6) is 0.211. The van der Waals surface area contributed by atoms with Gasteiger partial charge in [0, 0.05) is 23.4 Å². The Labute approximate surface area is 176 Å². The van der Waals surface area contributed by atoms with E-state index >= 15 is 0 Å². The van der Waals surface area contributed by atoms with Crippen molar-refractivity contribution in [1.82, 2.24) is 0 Å². The molecule has 0 saturated carbocycles. The minimum absolute atomic E-state index is 0.0958. The lowest BCUT2D eigenvalue weighted by Crippen LogP contribution is -2.60. The molecule has 166 valence electrons. The van der Waals surface area contributed by atoms with Crippen molar-refractivity contribution in [2.45, 2.75) is 44.1 Å². The van der Waals surface area contributed by atoms with Crippen LogP contribution in [0.4, 0.5) is 0 Å². The van der Waals surface area contributed by atoms with Crippen molar-refractivity contribution in [2.75, 3.05) is 13.2 Å². The summed E-state index contributed by atoms with van der Waals surface area (Å²) >= 11 is 0. The highest BCUT2D eigenvalue weighted by atomic mass is 16.7. The number of benzene rings is 2. The summed E-state index contributed by atoms with van der Waals surface area (Å²) in [5, 5.41) is 50.5. The highest BCUT2D eigenvalue weighted by Crippen LogP contribution is 2.33. The molecule has 3 aromatic rings. The third-order valence-electron chi connectivity index (χ3n) is 5.58. The smallest absolute Gasteiger partial charge is 0.344 e. The van der Waals surface area contributed by atoms with Gasteiger partial charge >= 0.3 is 5.63 Å². The molecule has 1 aliphatic rings. The number of aliphatic hydroxyl groups excluding tert-OH is 5. The molecule has 4 rings (SSSR count). The molecule has 0 bridgehead atoms. The summed E-state index contributed by atoms with van der Waals surface area (Å²) < 4.78 is 16.6. The van der Waals surface area contributed by atoms with Crippen LogP contribution in [0, 0.1) is 6.92 Å². The lowest BCUT2D eigenvalue weighted by molar-refractivity contribution is -0.277. The first kappa shape index (κ1) is 21.7. The molecule has 5 N–H and O–H groups in total. The SMILES string of the molecule is Cc1cc(O[C@@H]2O[C@H](CO)[C@@H](O)[C@H](O)[C@H]2O)cc2oc(=O)c3c(CCO)cccc3c12. The van der Waals surface area contributed by atoms with E-state index in [-0.39, 0.29) is 17.9 Å². The summed E-state index contributed by atoms with van der Waals surface area (Å²) in [6.07, 6.45) is -6.74. The summed E-state index contributed by atoms with van der Waals surface area (Å²) in [4.78, 5) is 12.7. The molecule has 9 heteroatoms. The highest BCUT2D eigenvalue weighted by molar-refractivity contribution is 6.07. The summed E-state index contributed by atoms with van der Waals surface area (Å²) in [5.41, 5.74) is 1.14. The Morgan fingerprint density at radius 3 is 2.52 bits per heavy atom. The number of ether oxygens (including phenoxy) is 2. The van der Waals surface area contributed by atoms with E-state index in [0.717, 1.165) is 5.56 Å². The second-order valence-electron chi connectivity index (χ2n) is 7.63. The third-order valence-corrected chi connectivity index (χ3v) is 5.58.